The van der Waals surface area contributed by atoms with Gasteiger partial charge in [-0.25, -0.2) is 9.59 Å². The number of esters is 1. The Balaban J connectivity index is 1.73. The molecule has 1 amide bonds. The molecule has 0 bridgehead atoms. The molecule has 7 nitrogen and oxygen atoms in total. The zero-order valence-electron chi connectivity index (χ0n) is 16.7. The minimum atomic E-state index is -0.481. The Kier molecular flexibility index (Phi) is 7.47. The van der Waals surface area contributed by atoms with Crippen molar-refractivity contribution < 1.29 is 19.1 Å². The number of alkyl carbamates (subject to hydrolysis) is 1. The molecule has 150 valence electrons. The number of amides is 1. The molecule has 27 heavy (non-hydrogen) atoms. The van der Waals surface area contributed by atoms with E-state index < -0.39 is 11.7 Å². The molecular weight excluding hydrogens is 346 g/mol. The van der Waals surface area contributed by atoms with Crippen LogP contribution in [0.15, 0.2) is 24.3 Å². The summed E-state index contributed by atoms with van der Waals surface area (Å²) in [4.78, 5) is 25.8. The monoisotopic (exact) mass is 377 g/mol. The van der Waals surface area contributed by atoms with E-state index in [0.717, 1.165) is 31.6 Å². The number of hydrogen-bond donors (Lipinski definition) is 2. The van der Waals surface area contributed by atoms with Gasteiger partial charge in [0.05, 0.1) is 18.4 Å². The number of piperidine rings is 1. The van der Waals surface area contributed by atoms with Crippen LogP contribution >= 0.6 is 0 Å². The van der Waals surface area contributed by atoms with Crippen LogP contribution in [0, 0.1) is 0 Å². The van der Waals surface area contributed by atoms with E-state index in [0.29, 0.717) is 24.7 Å². The molecule has 1 aliphatic rings. The van der Waals surface area contributed by atoms with Crippen LogP contribution in [-0.4, -0.2) is 57.0 Å². The summed E-state index contributed by atoms with van der Waals surface area (Å²) in [6.07, 6.45) is 1.56. The summed E-state index contributed by atoms with van der Waals surface area (Å²) in [5, 5.41) is 6.23. The normalized spacial score (nSPS) is 15.3. The Morgan fingerprint density at radius 3 is 2.44 bits per heavy atom. The van der Waals surface area contributed by atoms with Gasteiger partial charge in [0.1, 0.15) is 5.60 Å². The van der Waals surface area contributed by atoms with Crippen LogP contribution in [0.2, 0.25) is 0 Å². The maximum Gasteiger partial charge on any atom is 0.407 e. The van der Waals surface area contributed by atoms with Gasteiger partial charge in [-0.15, -0.1) is 0 Å². The highest BCUT2D eigenvalue weighted by molar-refractivity contribution is 5.95. The van der Waals surface area contributed by atoms with Crippen LogP contribution in [0.25, 0.3) is 0 Å². The highest BCUT2D eigenvalue weighted by Gasteiger charge is 2.23. The Labute approximate surface area is 161 Å². The molecular formula is C20H31N3O4. The zero-order chi connectivity index (χ0) is 19.9. The third-order valence-corrected chi connectivity index (χ3v) is 4.37. The second-order valence-electron chi connectivity index (χ2n) is 7.65. The highest BCUT2D eigenvalue weighted by Crippen LogP contribution is 2.24. The van der Waals surface area contributed by atoms with Crippen molar-refractivity contribution in [3.8, 4) is 0 Å². The molecule has 1 fully saturated rings. The van der Waals surface area contributed by atoms with Crippen molar-refractivity contribution >= 4 is 17.7 Å². The molecule has 0 saturated carbocycles. The van der Waals surface area contributed by atoms with Crippen LogP contribution in [0.4, 0.5) is 10.5 Å². The van der Waals surface area contributed by atoms with Crippen LogP contribution < -0.4 is 15.5 Å². The number of rotatable bonds is 6. The maximum atomic E-state index is 12.0. The van der Waals surface area contributed by atoms with Gasteiger partial charge in [-0.05, 0) is 45.7 Å². The van der Waals surface area contributed by atoms with Crippen LogP contribution in [0.1, 0.15) is 44.0 Å². The summed E-state index contributed by atoms with van der Waals surface area (Å²) in [5.74, 6) is -0.306. The topological polar surface area (TPSA) is 79.9 Å². The Hall–Kier alpha value is -2.28. The molecule has 0 atom stereocenters. The minimum absolute atomic E-state index is 0.306. The predicted molar refractivity (Wildman–Crippen MR) is 105 cm³/mol. The number of para-hydroxylation sites is 1. The summed E-state index contributed by atoms with van der Waals surface area (Å²) < 4.78 is 10.1. The van der Waals surface area contributed by atoms with E-state index in [2.05, 4.69) is 15.5 Å². The number of benzene rings is 1. The molecule has 1 saturated heterocycles. The third-order valence-electron chi connectivity index (χ3n) is 4.37. The second-order valence-corrected chi connectivity index (χ2v) is 7.65. The van der Waals surface area contributed by atoms with E-state index in [1.807, 2.05) is 39.0 Å². The first-order valence-corrected chi connectivity index (χ1v) is 9.42. The molecule has 2 rings (SSSR count). The van der Waals surface area contributed by atoms with Crippen molar-refractivity contribution in [1.29, 1.82) is 0 Å². The standard InChI is InChI=1S/C20H31N3O4/c1-20(2,3)27-19(25)22-12-11-21-15-9-13-23(14-10-15)17-8-6-5-7-16(17)18(24)26-4/h5-8,15,21H,9-14H2,1-4H3,(H,22,25). The first kappa shape index (κ1) is 21.0. The largest absolute Gasteiger partial charge is 0.465 e. The minimum Gasteiger partial charge on any atom is -0.465 e. The summed E-state index contributed by atoms with van der Waals surface area (Å²) in [5.41, 5.74) is 1.05. The summed E-state index contributed by atoms with van der Waals surface area (Å²) in [7, 11) is 1.40. The summed E-state index contributed by atoms with van der Waals surface area (Å²) in [6, 6.07) is 7.95. The molecule has 0 spiro atoms. The molecule has 1 aromatic carbocycles. The van der Waals surface area contributed by atoms with E-state index >= 15 is 0 Å². The van der Waals surface area contributed by atoms with Gasteiger partial charge in [0.15, 0.2) is 0 Å². The number of nitrogens with zero attached hydrogens (tertiary/aromatic N) is 1. The van der Waals surface area contributed by atoms with Crippen molar-refractivity contribution in [3.63, 3.8) is 0 Å². The summed E-state index contributed by atoms with van der Waals surface area (Å²) in [6.45, 7) is 8.49. The van der Waals surface area contributed by atoms with E-state index in [9.17, 15) is 9.59 Å². The third kappa shape index (κ3) is 6.75. The van der Waals surface area contributed by atoms with Gasteiger partial charge in [0.2, 0.25) is 0 Å². The lowest BCUT2D eigenvalue weighted by atomic mass is 10.0. The number of carbonyl (C=O) groups excluding carboxylic acids is 2. The van der Waals surface area contributed by atoms with E-state index in [4.69, 9.17) is 9.47 Å². The lowest BCUT2D eigenvalue weighted by Gasteiger charge is -2.34. The van der Waals surface area contributed by atoms with Gasteiger partial charge in [-0.2, -0.15) is 0 Å². The van der Waals surface area contributed by atoms with E-state index in [1.165, 1.54) is 7.11 Å². The Bertz CT molecular complexity index is 634. The van der Waals surface area contributed by atoms with Crippen molar-refractivity contribution in [1.82, 2.24) is 10.6 Å². The van der Waals surface area contributed by atoms with Gasteiger partial charge in [-0.1, -0.05) is 12.1 Å². The lowest BCUT2D eigenvalue weighted by Crippen LogP contribution is -2.45. The maximum absolute atomic E-state index is 12.0. The molecule has 1 heterocycles. The van der Waals surface area contributed by atoms with Crippen molar-refractivity contribution in [2.75, 3.05) is 38.2 Å². The fraction of sp³-hybridized carbons (Fsp3) is 0.600. The van der Waals surface area contributed by atoms with Gasteiger partial charge in [0, 0.05) is 32.2 Å². The highest BCUT2D eigenvalue weighted by atomic mass is 16.6. The molecule has 0 radical (unpaired) electrons. The average Bonchev–Trinajstić information content (AvgIpc) is 2.64. The van der Waals surface area contributed by atoms with Gasteiger partial charge in [-0.3, -0.25) is 0 Å². The van der Waals surface area contributed by atoms with Crippen LogP contribution in [0.5, 0.6) is 0 Å². The predicted octanol–water partition coefficient (Wildman–Crippen LogP) is 2.56. The SMILES string of the molecule is COC(=O)c1ccccc1N1CCC(NCCNC(=O)OC(C)(C)C)CC1. The molecule has 2 N–H and O–H groups in total. The first-order valence-electron chi connectivity index (χ1n) is 9.42. The number of hydrogen-bond acceptors (Lipinski definition) is 6. The molecule has 0 aliphatic carbocycles. The number of ether oxygens (including phenoxy) is 2. The van der Waals surface area contributed by atoms with Crippen molar-refractivity contribution in [2.24, 2.45) is 0 Å². The van der Waals surface area contributed by atoms with Gasteiger partial charge >= 0.3 is 12.1 Å². The number of carbonyl (C=O) groups is 2. The van der Waals surface area contributed by atoms with Gasteiger partial charge < -0.3 is 25.0 Å². The lowest BCUT2D eigenvalue weighted by molar-refractivity contribution is 0.0526. The van der Waals surface area contributed by atoms with Gasteiger partial charge in [0.25, 0.3) is 0 Å². The van der Waals surface area contributed by atoms with Crippen molar-refractivity contribution in [3.05, 3.63) is 29.8 Å². The molecule has 0 unspecified atom stereocenters. The average molecular weight is 377 g/mol. The Morgan fingerprint density at radius 2 is 1.81 bits per heavy atom. The number of anilines is 1. The van der Waals surface area contributed by atoms with E-state index in [-0.39, 0.29) is 5.97 Å². The molecule has 0 aromatic heterocycles. The fourth-order valence-electron chi connectivity index (χ4n) is 3.11. The fourth-order valence-corrected chi connectivity index (χ4v) is 3.11. The quantitative estimate of drug-likeness (QED) is 0.586. The van der Waals surface area contributed by atoms with Crippen molar-refractivity contribution in [2.45, 2.75) is 45.3 Å². The Morgan fingerprint density at radius 1 is 1.15 bits per heavy atom. The van der Waals surface area contributed by atoms with Crippen LogP contribution in [-0.2, 0) is 9.47 Å². The molecule has 1 aliphatic heterocycles. The summed E-state index contributed by atoms with van der Waals surface area (Å²) >= 11 is 0. The smallest absolute Gasteiger partial charge is 0.407 e. The number of nitrogens with one attached hydrogen (secondary N) is 2. The van der Waals surface area contributed by atoms with E-state index in [1.54, 1.807) is 6.07 Å². The first-order chi connectivity index (χ1) is 12.8. The molecule has 1 aromatic rings. The second kappa shape index (κ2) is 9.60. The molecule has 7 heteroatoms. The zero-order valence-corrected chi connectivity index (χ0v) is 16.7. The number of methoxy groups -OCH3 is 1. The van der Waals surface area contributed by atoms with Crippen LogP contribution in [0.3, 0.4) is 0 Å².